The fourth-order valence-corrected chi connectivity index (χ4v) is 3.90. The Labute approximate surface area is 174 Å². The summed E-state index contributed by atoms with van der Waals surface area (Å²) in [7, 11) is 0. The monoisotopic (exact) mass is 387 g/mol. The van der Waals surface area contributed by atoms with Gasteiger partial charge in [-0.25, -0.2) is 0 Å². The van der Waals surface area contributed by atoms with Gasteiger partial charge in [0.05, 0.1) is 0 Å². The Bertz CT molecular complexity index is 509. The van der Waals surface area contributed by atoms with Crippen molar-refractivity contribution in [1.82, 2.24) is 0 Å². The van der Waals surface area contributed by atoms with E-state index in [2.05, 4.69) is 25.1 Å². The van der Waals surface area contributed by atoms with Crippen molar-refractivity contribution in [2.75, 3.05) is 6.54 Å². The average Bonchev–Trinajstić information content (AvgIpc) is 2.70. The number of rotatable bonds is 18. The van der Waals surface area contributed by atoms with Gasteiger partial charge in [0.1, 0.15) is 5.75 Å². The maximum absolute atomic E-state index is 9.93. The van der Waals surface area contributed by atoms with E-state index in [4.69, 9.17) is 5.73 Å². The van der Waals surface area contributed by atoms with Crippen molar-refractivity contribution < 1.29 is 5.11 Å². The number of unbranched alkanes of at least 4 members (excludes halogenated alkanes) is 12. The van der Waals surface area contributed by atoms with E-state index in [1.807, 2.05) is 12.1 Å². The third-order valence-corrected chi connectivity index (χ3v) is 5.66. The molecule has 0 radical (unpaired) electrons. The Morgan fingerprint density at radius 3 is 1.86 bits per heavy atom. The molecule has 0 heterocycles. The van der Waals surface area contributed by atoms with E-state index in [1.54, 1.807) is 0 Å². The number of benzene rings is 1. The van der Waals surface area contributed by atoms with Crippen LogP contribution in [0.25, 0.3) is 0 Å². The zero-order chi connectivity index (χ0) is 20.3. The van der Waals surface area contributed by atoms with Gasteiger partial charge in [-0.05, 0) is 75.1 Å². The molecule has 0 saturated heterocycles. The van der Waals surface area contributed by atoms with Crippen molar-refractivity contribution in [1.29, 1.82) is 0 Å². The topological polar surface area (TPSA) is 46.2 Å². The molecule has 28 heavy (non-hydrogen) atoms. The summed E-state index contributed by atoms with van der Waals surface area (Å²) in [4.78, 5) is 0. The normalized spacial score (nSPS) is 11.5. The van der Waals surface area contributed by atoms with Gasteiger partial charge in [0, 0.05) is 0 Å². The molecule has 0 bridgehead atoms. The van der Waals surface area contributed by atoms with E-state index in [-0.39, 0.29) is 0 Å². The van der Waals surface area contributed by atoms with Gasteiger partial charge >= 0.3 is 0 Å². The smallest absolute Gasteiger partial charge is 0.119 e. The van der Waals surface area contributed by atoms with E-state index < -0.39 is 0 Å². The van der Waals surface area contributed by atoms with Gasteiger partial charge in [-0.1, -0.05) is 82.6 Å². The van der Waals surface area contributed by atoms with Crippen LogP contribution < -0.4 is 5.73 Å². The molecule has 0 aliphatic carbocycles. The molecule has 3 N–H and O–H groups in total. The van der Waals surface area contributed by atoms with Crippen LogP contribution in [0, 0.1) is 0 Å². The number of hydrogen-bond acceptors (Lipinski definition) is 2. The summed E-state index contributed by atoms with van der Waals surface area (Å²) in [5.41, 5.74) is 7.98. The van der Waals surface area contributed by atoms with Gasteiger partial charge in [-0.2, -0.15) is 0 Å². The molecule has 1 rings (SSSR count). The Hall–Kier alpha value is -1.28. The summed E-state index contributed by atoms with van der Waals surface area (Å²) in [6, 6.07) is 5.95. The molecule has 0 spiro atoms. The lowest BCUT2D eigenvalue weighted by Crippen LogP contribution is -1.97. The number of phenols is 1. The number of allylic oxidation sites excluding steroid dienone is 2. The molecular weight excluding hydrogens is 342 g/mol. The highest BCUT2D eigenvalue weighted by Crippen LogP contribution is 2.23. The zero-order valence-corrected chi connectivity index (χ0v) is 18.4. The van der Waals surface area contributed by atoms with Crippen LogP contribution in [-0.2, 0) is 12.8 Å². The molecule has 0 aromatic heterocycles. The van der Waals surface area contributed by atoms with Crippen molar-refractivity contribution >= 4 is 0 Å². The van der Waals surface area contributed by atoms with Crippen LogP contribution in [0.1, 0.15) is 108 Å². The van der Waals surface area contributed by atoms with Crippen LogP contribution in [0.5, 0.6) is 5.75 Å². The maximum Gasteiger partial charge on any atom is 0.119 e. The second-order valence-electron chi connectivity index (χ2n) is 8.10. The van der Waals surface area contributed by atoms with E-state index >= 15 is 0 Å². The van der Waals surface area contributed by atoms with E-state index in [1.165, 1.54) is 95.5 Å². The van der Waals surface area contributed by atoms with Crippen molar-refractivity contribution in [2.45, 2.75) is 110 Å². The van der Waals surface area contributed by atoms with E-state index in [0.717, 1.165) is 24.9 Å². The number of aryl methyl sites for hydroxylation is 1. The predicted molar refractivity (Wildman–Crippen MR) is 124 cm³/mol. The van der Waals surface area contributed by atoms with Crippen LogP contribution >= 0.6 is 0 Å². The summed E-state index contributed by atoms with van der Waals surface area (Å²) in [5.74, 6) is 0.468. The lowest BCUT2D eigenvalue weighted by atomic mass is 9.98. The zero-order valence-electron chi connectivity index (χ0n) is 18.4. The maximum atomic E-state index is 9.93. The van der Waals surface area contributed by atoms with Crippen LogP contribution in [0.2, 0.25) is 0 Å². The molecule has 1 aromatic rings. The summed E-state index contributed by atoms with van der Waals surface area (Å²) in [5, 5.41) is 9.93. The summed E-state index contributed by atoms with van der Waals surface area (Å²) < 4.78 is 0. The second kappa shape index (κ2) is 17.8. The number of phenolic OH excluding ortho intramolecular Hbond substituents is 1. The first-order valence-electron chi connectivity index (χ1n) is 11.9. The van der Waals surface area contributed by atoms with Crippen molar-refractivity contribution in [2.24, 2.45) is 5.73 Å². The van der Waals surface area contributed by atoms with Gasteiger partial charge in [0.2, 0.25) is 0 Å². The van der Waals surface area contributed by atoms with Crippen LogP contribution in [0.4, 0.5) is 0 Å². The van der Waals surface area contributed by atoms with Gasteiger partial charge < -0.3 is 10.8 Å². The fraction of sp³-hybridized carbons (Fsp3) is 0.692. The van der Waals surface area contributed by atoms with Crippen molar-refractivity contribution in [3.8, 4) is 5.75 Å². The first-order valence-corrected chi connectivity index (χ1v) is 11.9. The van der Waals surface area contributed by atoms with Gasteiger partial charge in [-0.3, -0.25) is 0 Å². The highest BCUT2D eigenvalue weighted by atomic mass is 16.3. The molecule has 2 nitrogen and oxygen atoms in total. The predicted octanol–water partition coefficient (Wildman–Crippen LogP) is 7.47. The molecule has 0 aliphatic rings. The summed E-state index contributed by atoms with van der Waals surface area (Å²) >= 11 is 0. The Morgan fingerprint density at radius 2 is 1.29 bits per heavy atom. The lowest BCUT2D eigenvalue weighted by Gasteiger charge is -2.09. The molecule has 0 saturated carbocycles. The molecule has 1 aromatic carbocycles. The van der Waals surface area contributed by atoms with E-state index in [9.17, 15) is 5.11 Å². The first kappa shape index (κ1) is 24.8. The minimum absolute atomic E-state index is 0.468. The highest BCUT2D eigenvalue weighted by Gasteiger charge is 2.05. The molecule has 0 fully saturated rings. The Kier molecular flexibility index (Phi) is 15.7. The SMILES string of the molecule is CCc1c(O)cccc1CCCCCCCC/C=C\CCCCCCCCN. The largest absolute Gasteiger partial charge is 0.508 e. The molecule has 0 aliphatic heterocycles. The minimum Gasteiger partial charge on any atom is -0.508 e. The highest BCUT2D eigenvalue weighted by molar-refractivity contribution is 5.39. The number of nitrogens with two attached hydrogens (primary N) is 1. The number of aromatic hydroxyl groups is 1. The molecule has 0 unspecified atom stereocenters. The fourth-order valence-electron chi connectivity index (χ4n) is 3.90. The minimum atomic E-state index is 0.468. The van der Waals surface area contributed by atoms with Gasteiger partial charge in [0.15, 0.2) is 0 Å². The molecule has 160 valence electrons. The molecule has 0 amide bonds. The van der Waals surface area contributed by atoms with Crippen molar-refractivity contribution in [3.05, 3.63) is 41.5 Å². The third-order valence-electron chi connectivity index (χ3n) is 5.66. The van der Waals surface area contributed by atoms with Crippen LogP contribution in [-0.4, -0.2) is 11.7 Å². The summed E-state index contributed by atoms with van der Waals surface area (Å²) in [6.45, 7) is 2.97. The lowest BCUT2D eigenvalue weighted by molar-refractivity contribution is 0.467. The summed E-state index contributed by atoms with van der Waals surface area (Å²) in [6.07, 6.45) is 25.2. The number of hydrogen-bond donors (Lipinski definition) is 2. The average molecular weight is 388 g/mol. The van der Waals surface area contributed by atoms with Crippen LogP contribution in [0.3, 0.4) is 0 Å². The van der Waals surface area contributed by atoms with Crippen LogP contribution in [0.15, 0.2) is 30.4 Å². The molecular formula is C26H45NO. The first-order chi connectivity index (χ1) is 13.8. The Morgan fingerprint density at radius 1 is 0.750 bits per heavy atom. The Balaban J connectivity index is 1.88. The van der Waals surface area contributed by atoms with Crippen molar-refractivity contribution in [3.63, 3.8) is 0 Å². The third kappa shape index (κ3) is 12.2. The molecule has 2 heteroatoms. The standard InChI is InChI=1S/C26H45NO/c1-2-25-24(21-19-22-26(25)28)20-17-15-13-11-9-7-5-3-4-6-8-10-12-14-16-18-23-27/h3-4,19,21-22,28H,2,5-18,20,23,27H2,1H3/b4-3-. The molecule has 0 atom stereocenters. The van der Waals surface area contributed by atoms with Gasteiger partial charge in [-0.15, -0.1) is 0 Å². The quantitative estimate of drug-likeness (QED) is 0.203. The second-order valence-corrected chi connectivity index (χ2v) is 8.10. The van der Waals surface area contributed by atoms with Gasteiger partial charge in [0.25, 0.3) is 0 Å². The van der Waals surface area contributed by atoms with E-state index in [0.29, 0.717) is 5.75 Å².